The first-order valence-electron chi connectivity index (χ1n) is 7.87. The number of aromatic nitrogens is 2. The van der Waals surface area contributed by atoms with E-state index in [2.05, 4.69) is 47.2 Å². The minimum absolute atomic E-state index is 0.364. The Morgan fingerprint density at radius 2 is 2.23 bits per heavy atom. The number of likely N-dealkylation sites (tertiary alicyclic amines) is 1. The first kappa shape index (κ1) is 15.6. The van der Waals surface area contributed by atoms with Gasteiger partial charge in [0.2, 0.25) is 0 Å². The molecule has 1 saturated heterocycles. The smallest absolute Gasteiger partial charge is 0.145 e. The Morgan fingerprint density at radius 3 is 2.95 bits per heavy atom. The third-order valence-corrected chi connectivity index (χ3v) is 5.19. The van der Waals surface area contributed by atoms with Gasteiger partial charge >= 0.3 is 0 Å². The van der Waals surface area contributed by atoms with Crippen LogP contribution < -0.4 is 0 Å². The Hall–Kier alpha value is -1.30. The van der Waals surface area contributed by atoms with Crippen LogP contribution in [0.15, 0.2) is 23.7 Å². The Balaban J connectivity index is 1.76. The highest BCUT2D eigenvalue weighted by Gasteiger charge is 2.28. The first-order chi connectivity index (χ1) is 10.6. The summed E-state index contributed by atoms with van der Waals surface area (Å²) in [5, 5.41) is 2.18. The fourth-order valence-electron chi connectivity index (χ4n) is 3.04. The molecule has 0 aliphatic carbocycles. The lowest BCUT2D eigenvalue weighted by molar-refractivity contribution is 0.240. The van der Waals surface area contributed by atoms with Crippen LogP contribution >= 0.6 is 11.3 Å². The summed E-state index contributed by atoms with van der Waals surface area (Å²) in [6.45, 7) is 5.23. The predicted molar refractivity (Wildman–Crippen MR) is 90.9 cm³/mol. The van der Waals surface area contributed by atoms with Crippen LogP contribution in [0.4, 0.5) is 0 Å². The Bertz CT molecular complexity index is 623. The van der Waals surface area contributed by atoms with Gasteiger partial charge < -0.3 is 4.90 Å². The van der Waals surface area contributed by atoms with Crippen LogP contribution in [0.3, 0.4) is 0 Å². The maximum Gasteiger partial charge on any atom is 0.145 e. The second-order valence-electron chi connectivity index (χ2n) is 6.30. The van der Waals surface area contributed by atoms with Crippen molar-refractivity contribution in [3.05, 3.63) is 45.7 Å². The molecule has 0 radical (unpaired) electrons. The molecule has 0 saturated carbocycles. The molecule has 1 aliphatic heterocycles. The van der Waals surface area contributed by atoms with E-state index in [0.717, 1.165) is 37.6 Å². The number of hydrogen-bond acceptors (Lipinski definition) is 5. The molecular formula is C17H24N4S. The van der Waals surface area contributed by atoms with E-state index in [1.165, 1.54) is 16.9 Å². The third-order valence-electron chi connectivity index (χ3n) is 4.19. The molecule has 2 aromatic rings. The molecule has 118 valence electrons. The largest absolute Gasteiger partial charge is 0.304 e. The molecule has 1 atom stereocenters. The van der Waals surface area contributed by atoms with Crippen LogP contribution in [-0.2, 0) is 13.1 Å². The molecule has 22 heavy (non-hydrogen) atoms. The SMILES string of the molecule is Cc1ccsc1CN1CCC[C@@H]1c1nccc(CN(C)C)n1. The molecular weight excluding hydrogens is 292 g/mol. The van der Waals surface area contributed by atoms with Crippen LogP contribution in [0, 0.1) is 6.92 Å². The van der Waals surface area contributed by atoms with Gasteiger partial charge in [-0.25, -0.2) is 9.97 Å². The van der Waals surface area contributed by atoms with Gasteiger partial charge in [0, 0.05) is 24.2 Å². The van der Waals surface area contributed by atoms with Gasteiger partial charge in [-0.1, -0.05) is 0 Å². The molecule has 0 amide bonds. The van der Waals surface area contributed by atoms with Crippen LogP contribution in [0.1, 0.15) is 40.8 Å². The summed E-state index contributed by atoms with van der Waals surface area (Å²) in [6, 6.07) is 4.59. The van der Waals surface area contributed by atoms with E-state index in [-0.39, 0.29) is 0 Å². The van der Waals surface area contributed by atoms with Gasteiger partial charge in [-0.3, -0.25) is 4.90 Å². The molecule has 1 fully saturated rings. The zero-order chi connectivity index (χ0) is 15.5. The van der Waals surface area contributed by atoms with Gasteiger partial charge in [0.25, 0.3) is 0 Å². The number of nitrogens with zero attached hydrogens (tertiary/aromatic N) is 4. The van der Waals surface area contributed by atoms with Crippen LogP contribution in [0.2, 0.25) is 0 Å². The molecule has 2 aromatic heterocycles. The highest BCUT2D eigenvalue weighted by molar-refractivity contribution is 7.10. The second-order valence-corrected chi connectivity index (χ2v) is 7.30. The van der Waals surface area contributed by atoms with Gasteiger partial charge in [-0.05, 0) is 63.5 Å². The minimum Gasteiger partial charge on any atom is -0.304 e. The normalized spacial score (nSPS) is 19.2. The van der Waals surface area contributed by atoms with Gasteiger partial charge in [-0.15, -0.1) is 11.3 Å². The van der Waals surface area contributed by atoms with E-state index < -0.39 is 0 Å². The lowest BCUT2D eigenvalue weighted by Gasteiger charge is -2.23. The lowest BCUT2D eigenvalue weighted by Crippen LogP contribution is -2.24. The average Bonchev–Trinajstić information content (AvgIpc) is 3.09. The van der Waals surface area contributed by atoms with E-state index in [9.17, 15) is 0 Å². The van der Waals surface area contributed by atoms with Crippen LogP contribution in [-0.4, -0.2) is 40.4 Å². The quantitative estimate of drug-likeness (QED) is 0.847. The van der Waals surface area contributed by atoms with E-state index in [4.69, 9.17) is 4.98 Å². The van der Waals surface area contributed by atoms with E-state index >= 15 is 0 Å². The zero-order valence-corrected chi connectivity index (χ0v) is 14.4. The van der Waals surface area contributed by atoms with Gasteiger partial charge in [0.1, 0.15) is 5.82 Å². The summed E-state index contributed by atoms with van der Waals surface area (Å²) in [7, 11) is 4.15. The van der Waals surface area contributed by atoms with Gasteiger partial charge in [-0.2, -0.15) is 0 Å². The summed E-state index contributed by atoms with van der Waals surface area (Å²) in [5.74, 6) is 0.992. The Morgan fingerprint density at radius 1 is 1.36 bits per heavy atom. The number of thiophene rings is 1. The van der Waals surface area contributed by atoms with Crippen molar-refractivity contribution in [1.29, 1.82) is 0 Å². The molecule has 4 nitrogen and oxygen atoms in total. The van der Waals surface area contributed by atoms with E-state index in [0.29, 0.717) is 6.04 Å². The Kier molecular flexibility index (Phi) is 4.86. The Labute approximate surface area is 136 Å². The highest BCUT2D eigenvalue weighted by Crippen LogP contribution is 2.32. The fourth-order valence-corrected chi connectivity index (χ4v) is 3.97. The fraction of sp³-hybridized carbons (Fsp3) is 0.529. The molecule has 0 bridgehead atoms. The van der Waals surface area contributed by atoms with Gasteiger partial charge in [0.15, 0.2) is 0 Å². The predicted octanol–water partition coefficient (Wildman–Crippen LogP) is 3.25. The molecule has 1 aliphatic rings. The minimum atomic E-state index is 0.364. The molecule has 0 unspecified atom stereocenters. The molecule has 3 rings (SSSR count). The number of hydrogen-bond donors (Lipinski definition) is 0. The zero-order valence-electron chi connectivity index (χ0n) is 13.6. The summed E-state index contributed by atoms with van der Waals surface area (Å²) >= 11 is 1.86. The van der Waals surface area contributed by atoms with Crippen molar-refractivity contribution in [3.63, 3.8) is 0 Å². The summed E-state index contributed by atoms with van der Waals surface area (Å²) < 4.78 is 0. The summed E-state index contributed by atoms with van der Waals surface area (Å²) in [4.78, 5) is 15.5. The molecule has 5 heteroatoms. The third kappa shape index (κ3) is 3.54. The topological polar surface area (TPSA) is 32.3 Å². The molecule has 0 spiro atoms. The standard InChI is InChI=1S/C17H24N4S/c1-13-7-10-22-16(13)12-21-9-4-5-15(21)17-18-8-6-14(19-17)11-20(2)3/h6-8,10,15H,4-5,9,11-12H2,1-3H3/t15-/m1/s1. The molecule has 0 aromatic carbocycles. The number of aryl methyl sites for hydroxylation is 1. The maximum atomic E-state index is 4.81. The van der Waals surface area contributed by atoms with Crippen molar-refractivity contribution in [1.82, 2.24) is 19.8 Å². The van der Waals surface area contributed by atoms with E-state index in [1.54, 1.807) is 0 Å². The van der Waals surface area contributed by atoms with Crippen molar-refractivity contribution in [3.8, 4) is 0 Å². The lowest BCUT2D eigenvalue weighted by atomic mass is 10.2. The van der Waals surface area contributed by atoms with Crippen molar-refractivity contribution >= 4 is 11.3 Å². The van der Waals surface area contributed by atoms with Crippen molar-refractivity contribution < 1.29 is 0 Å². The van der Waals surface area contributed by atoms with Gasteiger partial charge in [0.05, 0.1) is 11.7 Å². The number of rotatable bonds is 5. The summed E-state index contributed by atoms with van der Waals surface area (Å²) in [5.41, 5.74) is 2.51. The maximum absolute atomic E-state index is 4.81. The van der Waals surface area contributed by atoms with Crippen molar-refractivity contribution in [2.24, 2.45) is 0 Å². The van der Waals surface area contributed by atoms with Crippen molar-refractivity contribution in [2.75, 3.05) is 20.6 Å². The van der Waals surface area contributed by atoms with Crippen LogP contribution in [0.25, 0.3) is 0 Å². The summed E-state index contributed by atoms with van der Waals surface area (Å²) in [6.07, 6.45) is 4.31. The molecule has 3 heterocycles. The van der Waals surface area contributed by atoms with Crippen molar-refractivity contribution in [2.45, 2.75) is 38.9 Å². The van der Waals surface area contributed by atoms with Crippen LogP contribution in [0.5, 0.6) is 0 Å². The monoisotopic (exact) mass is 316 g/mol. The first-order valence-corrected chi connectivity index (χ1v) is 8.75. The highest BCUT2D eigenvalue weighted by atomic mass is 32.1. The second kappa shape index (κ2) is 6.86. The van der Waals surface area contributed by atoms with E-state index in [1.807, 2.05) is 23.6 Å². The average molecular weight is 316 g/mol. The molecule has 0 N–H and O–H groups in total.